The summed E-state index contributed by atoms with van der Waals surface area (Å²) in [5, 5.41) is 2.57. The fraction of sp³-hybridized carbons (Fsp3) is 0.0357. The van der Waals surface area contributed by atoms with Gasteiger partial charge in [0, 0.05) is 16.5 Å². The molecule has 57 heavy (non-hydrogen) atoms. The quantitative estimate of drug-likeness (QED) is 0.167. The molecule has 1 nitrogen and oxygen atoms in total. The van der Waals surface area contributed by atoms with Crippen LogP contribution >= 0.6 is 0 Å². The van der Waals surface area contributed by atoms with Gasteiger partial charge in [0.05, 0.1) is 16.4 Å². The Labute approximate surface area is 332 Å². The second-order valence-electron chi connectivity index (χ2n) is 15.6. The highest BCUT2D eigenvalue weighted by Crippen LogP contribution is 2.57. The molecule has 1 heteroatoms. The van der Waals surface area contributed by atoms with Crippen molar-refractivity contribution in [1.29, 1.82) is 0 Å². The first kappa shape index (κ1) is 32.1. The Morgan fingerprint density at radius 2 is 0.807 bits per heavy atom. The molecule has 0 unspecified atom stereocenters. The Hall–Kier alpha value is -7.22. The first-order valence-corrected chi connectivity index (χ1v) is 20.0. The molecule has 0 fully saturated rings. The topological polar surface area (TPSA) is 4.93 Å². The molecule has 0 radical (unpaired) electrons. The number of fused-ring (bicyclic) bond motifs is 9. The maximum atomic E-state index is 2.47. The van der Waals surface area contributed by atoms with Gasteiger partial charge >= 0.3 is 0 Å². The van der Waals surface area contributed by atoms with Gasteiger partial charge in [-0.05, 0) is 127 Å². The van der Waals surface area contributed by atoms with Crippen molar-refractivity contribution in [2.75, 3.05) is 0 Å². The predicted octanol–water partition coefficient (Wildman–Crippen LogP) is 14.1. The molecule has 2 aliphatic rings. The van der Waals surface area contributed by atoms with E-state index >= 15 is 0 Å². The fourth-order valence-electron chi connectivity index (χ4n) is 10.2. The zero-order chi connectivity index (χ0) is 37.5. The molecule has 0 atom stereocenters. The van der Waals surface area contributed by atoms with Crippen molar-refractivity contribution in [3.8, 4) is 50.2 Å². The van der Waals surface area contributed by atoms with Crippen molar-refractivity contribution in [2.45, 2.75) is 11.8 Å². The van der Waals surface area contributed by atoms with Gasteiger partial charge in [-0.2, -0.15) is 0 Å². The third-order valence-electron chi connectivity index (χ3n) is 12.7. The van der Waals surface area contributed by atoms with E-state index in [2.05, 4.69) is 217 Å². The van der Waals surface area contributed by atoms with Gasteiger partial charge in [-0.15, -0.1) is 0 Å². The number of benzene rings is 9. The molecular weight excluding hydrogens is 687 g/mol. The summed E-state index contributed by atoms with van der Waals surface area (Å²) in [6.45, 7) is 0. The van der Waals surface area contributed by atoms with E-state index in [1.54, 1.807) is 0 Å². The van der Waals surface area contributed by atoms with Gasteiger partial charge in [0.1, 0.15) is 0 Å². The number of hydrogen-bond donors (Lipinski definition) is 0. The van der Waals surface area contributed by atoms with Gasteiger partial charge in [0.2, 0.25) is 0 Å². The van der Waals surface area contributed by atoms with Crippen LogP contribution in [0.15, 0.2) is 212 Å². The number of hydrogen-bond acceptors (Lipinski definition) is 0. The minimum atomic E-state index is -0.417. The van der Waals surface area contributed by atoms with Crippen molar-refractivity contribution in [3.05, 3.63) is 246 Å². The van der Waals surface area contributed by atoms with Gasteiger partial charge in [-0.1, -0.05) is 170 Å². The van der Waals surface area contributed by atoms with Crippen LogP contribution in [0, 0.1) is 0 Å². The molecule has 1 aromatic heterocycles. The number of aromatic nitrogens is 1. The SMILES string of the molecule is c1ccc(C2(c3ccccc3)c3ccccc3-c3ccc(-c4ccc5c(c4)-c4cc(-c6ccc(-n7c8ccccc8c8ccccc87)cc6)ccc4C5)cc32)cc1. The molecule has 10 aromatic rings. The van der Waals surface area contributed by atoms with Gasteiger partial charge < -0.3 is 4.57 Å². The Kier molecular flexibility index (Phi) is 6.97. The third-order valence-corrected chi connectivity index (χ3v) is 12.7. The smallest absolute Gasteiger partial charge is 0.0713 e. The number of para-hydroxylation sites is 2. The number of nitrogens with zero attached hydrogens (tertiary/aromatic N) is 1. The highest BCUT2D eigenvalue weighted by atomic mass is 15.0. The van der Waals surface area contributed by atoms with Crippen LogP contribution in [0.25, 0.3) is 72.0 Å². The van der Waals surface area contributed by atoms with Gasteiger partial charge in [-0.25, -0.2) is 0 Å². The predicted molar refractivity (Wildman–Crippen MR) is 237 cm³/mol. The Balaban J connectivity index is 0.945. The van der Waals surface area contributed by atoms with E-state index in [0.717, 1.165) is 6.42 Å². The molecule has 0 amide bonds. The van der Waals surface area contributed by atoms with Gasteiger partial charge in [0.25, 0.3) is 0 Å². The molecule has 1 heterocycles. The Bertz CT molecular complexity index is 3090. The van der Waals surface area contributed by atoms with Crippen molar-refractivity contribution in [1.82, 2.24) is 4.57 Å². The summed E-state index contributed by atoms with van der Waals surface area (Å²) < 4.78 is 2.39. The largest absolute Gasteiger partial charge is 0.309 e. The van der Waals surface area contributed by atoms with Crippen LogP contribution < -0.4 is 0 Å². The summed E-state index contributed by atoms with van der Waals surface area (Å²) in [4.78, 5) is 0. The molecule has 266 valence electrons. The summed E-state index contributed by atoms with van der Waals surface area (Å²) in [5.74, 6) is 0. The maximum absolute atomic E-state index is 2.47. The van der Waals surface area contributed by atoms with Gasteiger partial charge in [0.15, 0.2) is 0 Å². The lowest BCUT2D eigenvalue weighted by Crippen LogP contribution is -2.28. The van der Waals surface area contributed by atoms with Crippen LogP contribution in [0.5, 0.6) is 0 Å². The zero-order valence-electron chi connectivity index (χ0n) is 31.4. The Morgan fingerprint density at radius 1 is 0.333 bits per heavy atom. The monoisotopic (exact) mass is 723 g/mol. The van der Waals surface area contributed by atoms with E-state index in [-0.39, 0.29) is 0 Å². The normalized spacial score (nSPS) is 13.3. The molecule has 0 aliphatic heterocycles. The van der Waals surface area contributed by atoms with Crippen LogP contribution in [-0.4, -0.2) is 4.57 Å². The molecule has 12 rings (SSSR count). The summed E-state index contributed by atoms with van der Waals surface area (Å²) >= 11 is 0. The van der Waals surface area contributed by atoms with Gasteiger partial charge in [-0.3, -0.25) is 0 Å². The van der Waals surface area contributed by atoms with Crippen LogP contribution in [0.1, 0.15) is 33.4 Å². The fourth-order valence-corrected chi connectivity index (χ4v) is 10.2. The highest BCUT2D eigenvalue weighted by molar-refractivity contribution is 6.09. The van der Waals surface area contributed by atoms with E-state index in [1.807, 2.05) is 0 Å². The summed E-state index contributed by atoms with van der Waals surface area (Å²) in [7, 11) is 0. The van der Waals surface area contributed by atoms with Crippen molar-refractivity contribution in [3.63, 3.8) is 0 Å². The first-order chi connectivity index (χ1) is 28.3. The van der Waals surface area contributed by atoms with E-state index in [0.29, 0.717) is 0 Å². The van der Waals surface area contributed by atoms with Crippen molar-refractivity contribution in [2.24, 2.45) is 0 Å². The Morgan fingerprint density at radius 3 is 1.44 bits per heavy atom. The average molecular weight is 724 g/mol. The molecule has 0 N–H and O–H groups in total. The number of rotatable bonds is 5. The van der Waals surface area contributed by atoms with Crippen LogP contribution in [0.4, 0.5) is 0 Å². The van der Waals surface area contributed by atoms with Crippen molar-refractivity contribution < 1.29 is 0 Å². The summed E-state index contributed by atoms with van der Waals surface area (Å²) in [6.07, 6.45) is 0.961. The molecule has 0 bridgehead atoms. The first-order valence-electron chi connectivity index (χ1n) is 20.0. The summed E-state index contributed by atoms with van der Waals surface area (Å²) in [6, 6.07) is 79.0. The third kappa shape index (κ3) is 4.70. The molecule has 0 saturated carbocycles. The molecule has 0 saturated heterocycles. The highest BCUT2D eigenvalue weighted by Gasteiger charge is 2.46. The van der Waals surface area contributed by atoms with E-state index in [1.165, 1.54) is 105 Å². The zero-order valence-corrected chi connectivity index (χ0v) is 31.4. The lowest BCUT2D eigenvalue weighted by molar-refractivity contribution is 0.769. The van der Waals surface area contributed by atoms with Crippen molar-refractivity contribution >= 4 is 21.8 Å². The van der Waals surface area contributed by atoms with E-state index in [4.69, 9.17) is 0 Å². The van der Waals surface area contributed by atoms with Crippen LogP contribution in [-0.2, 0) is 11.8 Å². The van der Waals surface area contributed by atoms with E-state index < -0.39 is 5.41 Å². The standard InChI is InChI=1S/C56H37N/c1-3-13-43(14-4-1)56(44-15-5-2-6-16-44)52-20-10-7-17-46(52)47-32-29-40(36-53(47)56)39-24-26-42-33-41-25-23-38(34-50(41)51(42)35-39)37-27-30-45(31-28-37)57-54-21-11-8-18-48(54)49-19-9-12-22-55(49)57/h1-32,34-36H,33H2. The second-order valence-corrected chi connectivity index (χ2v) is 15.6. The second kappa shape index (κ2) is 12.4. The minimum Gasteiger partial charge on any atom is -0.309 e. The molecule has 0 spiro atoms. The summed E-state index contributed by atoms with van der Waals surface area (Å²) in [5.41, 5.74) is 21.5. The molecule has 2 aliphatic carbocycles. The minimum absolute atomic E-state index is 0.417. The van der Waals surface area contributed by atoms with Crippen LogP contribution in [0.3, 0.4) is 0 Å². The maximum Gasteiger partial charge on any atom is 0.0713 e. The lowest BCUT2D eigenvalue weighted by atomic mass is 9.67. The lowest BCUT2D eigenvalue weighted by Gasteiger charge is -2.34. The molecule has 9 aromatic carbocycles. The van der Waals surface area contributed by atoms with E-state index in [9.17, 15) is 0 Å². The van der Waals surface area contributed by atoms with Crippen LogP contribution in [0.2, 0.25) is 0 Å². The average Bonchev–Trinajstić information content (AvgIpc) is 3.93. The molecular formula is C56H37N.